The largest absolute Gasteiger partial charge is 0.618 e. The fourth-order valence-corrected chi connectivity index (χ4v) is 2.43. The Balaban J connectivity index is 2.36. The Hall–Kier alpha value is -1.57. The van der Waals surface area contributed by atoms with E-state index in [0.717, 1.165) is 40.6 Å². The highest BCUT2D eigenvalue weighted by Crippen LogP contribution is 2.22. The number of hydrogen-bond acceptors (Lipinski definition) is 1. The van der Waals surface area contributed by atoms with Gasteiger partial charge in [0.2, 0.25) is 5.52 Å². The van der Waals surface area contributed by atoms with Gasteiger partial charge in [0.15, 0.2) is 5.69 Å². The summed E-state index contributed by atoms with van der Waals surface area (Å²) in [5.41, 5.74) is 3.04. The van der Waals surface area contributed by atoms with Crippen LogP contribution in [0.1, 0.15) is 24.1 Å². The number of aromatic nitrogens is 1. The number of rotatable bonds is 0. The van der Waals surface area contributed by atoms with Crippen molar-refractivity contribution in [1.82, 2.24) is 0 Å². The van der Waals surface area contributed by atoms with E-state index in [0.29, 0.717) is 0 Å². The third-order valence-corrected chi connectivity index (χ3v) is 3.21. The lowest BCUT2D eigenvalue weighted by atomic mass is 9.94. The van der Waals surface area contributed by atoms with Crippen molar-refractivity contribution in [1.29, 1.82) is 0 Å². The summed E-state index contributed by atoms with van der Waals surface area (Å²) in [7, 11) is 0. The molecule has 76 valence electrons. The lowest BCUT2D eigenvalue weighted by molar-refractivity contribution is -0.586. The highest BCUT2D eigenvalue weighted by molar-refractivity contribution is 5.76. The summed E-state index contributed by atoms with van der Waals surface area (Å²) in [4.78, 5) is 0. The van der Waals surface area contributed by atoms with E-state index in [4.69, 9.17) is 0 Å². The molecular weight excluding hydrogens is 186 g/mol. The first kappa shape index (κ1) is 8.72. The molecule has 3 rings (SSSR count). The SMILES string of the molecule is [O-][n+]1c2c(cc3ccccc31)CCCC2. The average molecular weight is 199 g/mol. The first-order valence-corrected chi connectivity index (χ1v) is 5.49. The van der Waals surface area contributed by atoms with Crippen molar-refractivity contribution in [3.8, 4) is 0 Å². The first-order valence-electron chi connectivity index (χ1n) is 5.49. The summed E-state index contributed by atoms with van der Waals surface area (Å²) >= 11 is 0. The van der Waals surface area contributed by atoms with E-state index in [1.54, 1.807) is 0 Å². The number of fused-ring (bicyclic) bond motifs is 2. The van der Waals surface area contributed by atoms with Gasteiger partial charge in [-0.2, -0.15) is 4.73 Å². The minimum absolute atomic E-state index is 0.804. The Bertz CT molecular complexity index is 519. The highest BCUT2D eigenvalue weighted by Gasteiger charge is 2.19. The van der Waals surface area contributed by atoms with Crippen LogP contribution in [0.5, 0.6) is 0 Å². The standard InChI is InChI=1S/C13H13NO/c15-14-12-7-3-1-5-10(12)9-11-6-2-4-8-13(11)14/h1,3,5,7,9H,2,4,6,8H2. The lowest BCUT2D eigenvalue weighted by Crippen LogP contribution is -2.35. The predicted molar refractivity (Wildman–Crippen MR) is 59.6 cm³/mol. The van der Waals surface area contributed by atoms with Crippen molar-refractivity contribution in [2.75, 3.05) is 0 Å². The Morgan fingerprint density at radius 2 is 1.87 bits per heavy atom. The smallest absolute Gasteiger partial charge is 0.223 e. The fraction of sp³-hybridized carbons (Fsp3) is 0.308. The van der Waals surface area contributed by atoms with E-state index in [9.17, 15) is 5.21 Å². The van der Waals surface area contributed by atoms with Gasteiger partial charge < -0.3 is 5.21 Å². The van der Waals surface area contributed by atoms with Crippen LogP contribution < -0.4 is 4.73 Å². The van der Waals surface area contributed by atoms with Crippen LogP contribution in [-0.2, 0) is 12.8 Å². The zero-order chi connectivity index (χ0) is 10.3. The average Bonchev–Trinajstić information content (AvgIpc) is 2.30. The highest BCUT2D eigenvalue weighted by atomic mass is 16.5. The van der Waals surface area contributed by atoms with Crippen LogP contribution in [-0.4, -0.2) is 0 Å². The van der Waals surface area contributed by atoms with Gasteiger partial charge in [-0.05, 0) is 31.4 Å². The van der Waals surface area contributed by atoms with E-state index in [1.807, 2.05) is 24.3 Å². The molecular formula is C13H13NO. The molecule has 1 aromatic carbocycles. The molecule has 0 amide bonds. The Morgan fingerprint density at radius 3 is 2.80 bits per heavy atom. The first-order chi connectivity index (χ1) is 7.36. The van der Waals surface area contributed by atoms with Crippen molar-refractivity contribution in [2.45, 2.75) is 25.7 Å². The Morgan fingerprint density at radius 1 is 1.07 bits per heavy atom. The molecule has 1 aromatic heterocycles. The van der Waals surface area contributed by atoms with Gasteiger partial charge >= 0.3 is 0 Å². The molecule has 1 heterocycles. The van der Waals surface area contributed by atoms with Gasteiger partial charge in [0.25, 0.3) is 0 Å². The van der Waals surface area contributed by atoms with E-state index in [-0.39, 0.29) is 0 Å². The maximum absolute atomic E-state index is 12.1. The van der Waals surface area contributed by atoms with Crippen molar-refractivity contribution >= 4 is 10.9 Å². The number of benzene rings is 1. The van der Waals surface area contributed by atoms with Crippen LogP contribution in [0.4, 0.5) is 0 Å². The number of para-hydroxylation sites is 1. The van der Waals surface area contributed by atoms with Gasteiger partial charge in [0.1, 0.15) is 0 Å². The van der Waals surface area contributed by atoms with Gasteiger partial charge in [0, 0.05) is 23.4 Å². The summed E-state index contributed by atoms with van der Waals surface area (Å²) in [6.45, 7) is 0. The second-order valence-corrected chi connectivity index (χ2v) is 4.18. The quantitative estimate of drug-likeness (QED) is 0.472. The lowest BCUT2D eigenvalue weighted by Gasteiger charge is -2.16. The zero-order valence-corrected chi connectivity index (χ0v) is 8.57. The summed E-state index contributed by atoms with van der Waals surface area (Å²) < 4.78 is 1.13. The zero-order valence-electron chi connectivity index (χ0n) is 8.57. The van der Waals surface area contributed by atoms with Crippen molar-refractivity contribution < 1.29 is 4.73 Å². The molecule has 0 saturated carbocycles. The van der Waals surface area contributed by atoms with Crippen LogP contribution in [0, 0.1) is 5.21 Å². The number of hydrogen-bond donors (Lipinski definition) is 0. The molecule has 0 unspecified atom stereocenters. The van der Waals surface area contributed by atoms with Gasteiger partial charge in [-0.15, -0.1) is 0 Å². The Kier molecular flexibility index (Phi) is 1.88. The number of nitrogens with zero attached hydrogens (tertiary/aromatic N) is 1. The molecule has 0 spiro atoms. The van der Waals surface area contributed by atoms with E-state index in [1.165, 1.54) is 12.0 Å². The third-order valence-electron chi connectivity index (χ3n) is 3.21. The normalized spacial score (nSPS) is 15.2. The van der Waals surface area contributed by atoms with Gasteiger partial charge in [-0.3, -0.25) is 0 Å². The van der Waals surface area contributed by atoms with Crippen LogP contribution in [0.25, 0.3) is 10.9 Å². The monoisotopic (exact) mass is 199 g/mol. The molecule has 0 saturated heterocycles. The minimum Gasteiger partial charge on any atom is -0.618 e. The maximum Gasteiger partial charge on any atom is 0.223 e. The molecule has 1 aliphatic carbocycles. The van der Waals surface area contributed by atoms with E-state index >= 15 is 0 Å². The molecule has 0 radical (unpaired) electrons. The number of aryl methyl sites for hydroxylation is 1. The molecule has 1 aliphatic rings. The molecule has 0 bridgehead atoms. The Labute approximate surface area is 88.7 Å². The van der Waals surface area contributed by atoms with Crippen molar-refractivity contribution in [2.24, 2.45) is 0 Å². The number of pyridine rings is 1. The van der Waals surface area contributed by atoms with E-state index in [2.05, 4.69) is 6.07 Å². The molecule has 0 N–H and O–H groups in total. The van der Waals surface area contributed by atoms with Crippen LogP contribution in [0.2, 0.25) is 0 Å². The second-order valence-electron chi connectivity index (χ2n) is 4.18. The molecule has 2 aromatic rings. The summed E-state index contributed by atoms with van der Waals surface area (Å²) in [6.07, 6.45) is 4.35. The molecule has 2 nitrogen and oxygen atoms in total. The topological polar surface area (TPSA) is 26.9 Å². The van der Waals surface area contributed by atoms with Gasteiger partial charge in [-0.1, -0.05) is 12.1 Å². The van der Waals surface area contributed by atoms with E-state index < -0.39 is 0 Å². The molecule has 15 heavy (non-hydrogen) atoms. The molecule has 0 atom stereocenters. The predicted octanol–water partition coefficient (Wildman–Crippen LogP) is 2.35. The molecule has 2 heteroatoms. The fourth-order valence-electron chi connectivity index (χ4n) is 2.43. The van der Waals surface area contributed by atoms with Gasteiger partial charge in [0.05, 0.1) is 0 Å². The minimum atomic E-state index is 0.804. The summed E-state index contributed by atoms with van der Waals surface area (Å²) in [5, 5.41) is 13.2. The van der Waals surface area contributed by atoms with Crippen molar-refractivity contribution in [3.05, 3.63) is 46.8 Å². The third kappa shape index (κ3) is 1.29. The van der Waals surface area contributed by atoms with Crippen LogP contribution in [0.15, 0.2) is 30.3 Å². The summed E-state index contributed by atoms with van der Waals surface area (Å²) in [5.74, 6) is 0. The van der Waals surface area contributed by atoms with Crippen LogP contribution >= 0.6 is 0 Å². The second kappa shape index (κ2) is 3.23. The summed E-state index contributed by atoms with van der Waals surface area (Å²) in [6, 6.07) is 10.00. The molecule has 0 fully saturated rings. The van der Waals surface area contributed by atoms with Gasteiger partial charge in [-0.25, -0.2) is 0 Å². The van der Waals surface area contributed by atoms with Crippen molar-refractivity contribution in [3.63, 3.8) is 0 Å². The maximum atomic E-state index is 12.1. The van der Waals surface area contributed by atoms with Crippen LogP contribution in [0.3, 0.4) is 0 Å². The molecule has 0 aliphatic heterocycles.